The molecule has 10 nitrogen and oxygen atoms in total. The van der Waals surface area contributed by atoms with Crippen LogP contribution in [0.15, 0.2) is 46.4 Å². The molecule has 1 aliphatic rings. The maximum atomic E-state index is 11.6. The average molecular weight is 412 g/mol. The summed E-state index contributed by atoms with van der Waals surface area (Å²) >= 11 is 0. The Labute approximate surface area is 173 Å². The van der Waals surface area contributed by atoms with E-state index in [1.807, 2.05) is 6.07 Å². The van der Waals surface area contributed by atoms with Gasteiger partial charge in [0.05, 0.1) is 12.0 Å². The van der Waals surface area contributed by atoms with Gasteiger partial charge in [-0.15, -0.1) is 0 Å². The lowest BCUT2D eigenvalue weighted by atomic mass is 10.0. The standard InChI is InChI=1S/C20H24N6O4/c1-22-13-14(12-21)16-10-18(26(28)29)19(30-2)11-17(16)25-7-5-24(6-8-25)15-3-4-23-20(27)9-15/h3-4,9-13H,5-8,21H2,1-2H3,(H,23,27). The number of aromatic nitrogens is 1. The first-order valence-electron chi connectivity index (χ1n) is 9.38. The zero-order valence-corrected chi connectivity index (χ0v) is 16.9. The smallest absolute Gasteiger partial charge is 0.311 e. The van der Waals surface area contributed by atoms with E-state index in [4.69, 9.17) is 10.5 Å². The van der Waals surface area contributed by atoms with Crippen molar-refractivity contribution >= 4 is 28.8 Å². The molecule has 0 saturated carbocycles. The highest BCUT2D eigenvalue weighted by atomic mass is 16.6. The lowest BCUT2D eigenvalue weighted by Gasteiger charge is -2.38. The number of aromatic amines is 1. The van der Waals surface area contributed by atoms with Crippen molar-refractivity contribution in [1.29, 1.82) is 0 Å². The molecule has 0 aliphatic carbocycles. The Morgan fingerprint density at radius 2 is 1.97 bits per heavy atom. The molecule has 3 N–H and O–H groups in total. The summed E-state index contributed by atoms with van der Waals surface area (Å²) in [5.41, 5.74) is 8.33. The number of ether oxygens (including phenoxy) is 1. The number of methoxy groups -OCH3 is 1. The minimum atomic E-state index is -0.478. The van der Waals surface area contributed by atoms with E-state index in [0.29, 0.717) is 37.3 Å². The van der Waals surface area contributed by atoms with Crippen molar-refractivity contribution in [1.82, 2.24) is 4.98 Å². The van der Waals surface area contributed by atoms with Gasteiger partial charge in [0, 0.05) is 92.5 Å². The van der Waals surface area contributed by atoms with Crippen LogP contribution >= 0.6 is 0 Å². The number of nitrogens with one attached hydrogen (secondary N) is 1. The third kappa shape index (κ3) is 4.27. The van der Waals surface area contributed by atoms with Gasteiger partial charge in [0.1, 0.15) is 0 Å². The zero-order chi connectivity index (χ0) is 21.7. The van der Waals surface area contributed by atoms with Crippen molar-refractivity contribution < 1.29 is 9.66 Å². The third-order valence-electron chi connectivity index (χ3n) is 5.00. The molecule has 0 spiro atoms. The van der Waals surface area contributed by atoms with Crippen LogP contribution in [0.3, 0.4) is 0 Å². The highest BCUT2D eigenvalue weighted by molar-refractivity contribution is 6.12. The SMILES string of the molecule is CN=CC(=CN)c1cc([N+](=O)[O-])c(OC)cc1N1CCN(c2cc[nH]c(=O)c2)CC1. The molecule has 1 aromatic carbocycles. The van der Waals surface area contributed by atoms with Gasteiger partial charge in [0.15, 0.2) is 5.75 Å². The Kier molecular flexibility index (Phi) is 6.35. The number of hydrogen-bond acceptors (Lipinski definition) is 8. The fourth-order valence-corrected chi connectivity index (χ4v) is 3.53. The second-order valence-corrected chi connectivity index (χ2v) is 6.69. The van der Waals surface area contributed by atoms with Crippen molar-refractivity contribution in [3.63, 3.8) is 0 Å². The second-order valence-electron chi connectivity index (χ2n) is 6.69. The molecule has 2 aromatic rings. The van der Waals surface area contributed by atoms with E-state index in [9.17, 15) is 14.9 Å². The van der Waals surface area contributed by atoms with Gasteiger partial charge < -0.3 is 25.3 Å². The summed E-state index contributed by atoms with van der Waals surface area (Å²) in [6, 6.07) is 6.58. The van der Waals surface area contributed by atoms with E-state index < -0.39 is 4.92 Å². The summed E-state index contributed by atoms with van der Waals surface area (Å²) in [5.74, 6) is 0.181. The van der Waals surface area contributed by atoms with Gasteiger partial charge in [-0.1, -0.05) is 0 Å². The van der Waals surface area contributed by atoms with Crippen molar-refractivity contribution in [3.8, 4) is 5.75 Å². The van der Waals surface area contributed by atoms with Crippen LogP contribution in [-0.2, 0) is 0 Å². The van der Waals surface area contributed by atoms with Gasteiger partial charge in [0.2, 0.25) is 5.56 Å². The van der Waals surface area contributed by atoms with E-state index in [0.717, 1.165) is 11.4 Å². The number of rotatable bonds is 6. The Morgan fingerprint density at radius 1 is 1.27 bits per heavy atom. The van der Waals surface area contributed by atoms with E-state index in [2.05, 4.69) is 19.8 Å². The molecule has 10 heteroatoms. The fraction of sp³-hybridized carbons (Fsp3) is 0.300. The Morgan fingerprint density at radius 3 is 2.53 bits per heavy atom. The predicted octanol–water partition coefficient (Wildman–Crippen LogP) is 1.62. The molecule has 0 amide bonds. The molecular weight excluding hydrogens is 388 g/mol. The van der Waals surface area contributed by atoms with Gasteiger partial charge in [-0.3, -0.25) is 19.9 Å². The molecule has 0 bridgehead atoms. The minimum Gasteiger partial charge on any atom is -0.490 e. The lowest BCUT2D eigenvalue weighted by molar-refractivity contribution is -0.385. The number of piperazine rings is 1. The zero-order valence-electron chi connectivity index (χ0n) is 16.9. The molecule has 2 heterocycles. The first-order valence-corrected chi connectivity index (χ1v) is 9.38. The number of nitrogens with zero attached hydrogens (tertiary/aromatic N) is 4. The first kappa shape index (κ1) is 20.9. The Balaban J connectivity index is 1.96. The Bertz CT molecular complexity index is 1040. The number of nitro benzene ring substituents is 1. The van der Waals surface area contributed by atoms with Crippen molar-refractivity contribution in [2.45, 2.75) is 0 Å². The van der Waals surface area contributed by atoms with Crippen LogP contribution in [0.5, 0.6) is 5.75 Å². The van der Waals surface area contributed by atoms with E-state index in [-0.39, 0.29) is 17.0 Å². The summed E-state index contributed by atoms with van der Waals surface area (Å²) in [6.07, 6.45) is 4.59. The van der Waals surface area contributed by atoms with E-state index in [1.54, 1.807) is 31.6 Å². The maximum absolute atomic E-state index is 11.6. The number of pyridine rings is 1. The van der Waals surface area contributed by atoms with Gasteiger partial charge in [-0.25, -0.2) is 0 Å². The molecule has 1 aromatic heterocycles. The van der Waals surface area contributed by atoms with Crippen LogP contribution in [-0.4, -0.2) is 56.5 Å². The largest absolute Gasteiger partial charge is 0.490 e. The highest BCUT2D eigenvalue weighted by Gasteiger charge is 2.26. The second kappa shape index (κ2) is 9.12. The topological polar surface area (TPSA) is 130 Å². The highest BCUT2D eigenvalue weighted by Crippen LogP contribution is 2.38. The summed E-state index contributed by atoms with van der Waals surface area (Å²) in [6.45, 7) is 2.68. The van der Waals surface area contributed by atoms with E-state index in [1.165, 1.54) is 19.4 Å². The molecule has 0 atom stereocenters. The molecule has 0 radical (unpaired) electrons. The number of hydrogen-bond donors (Lipinski definition) is 2. The monoisotopic (exact) mass is 412 g/mol. The van der Waals surface area contributed by atoms with E-state index >= 15 is 0 Å². The lowest BCUT2D eigenvalue weighted by Crippen LogP contribution is -2.47. The molecule has 30 heavy (non-hydrogen) atoms. The van der Waals surface area contributed by atoms with Crippen LogP contribution in [0, 0.1) is 10.1 Å². The van der Waals surface area contributed by atoms with Crippen molar-refractivity contribution in [3.05, 3.63) is 62.7 Å². The van der Waals surface area contributed by atoms with Crippen molar-refractivity contribution in [2.24, 2.45) is 10.7 Å². The predicted molar refractivity (Wildman–Crippen MR) is 118 cm³/mol. The number of aliphatic imine (C=N–C) groups is 1. The summed E-state index contributed by atoms with van der Waals surface area (Å²) in [7, 11) is 3.02. The van der Waals surface area contributed by atoms with Gasteiger partial charge in [-0.2, -0.15) is 0 Å². The van der Waals surface area contributed by atoms with Crippen LogP contribution in [0.1, 0.15) is 5.56 Å². The summed E-state index contributed by atoms with van der Waals surface area (Å²) in [4.78, 5) is 33.5. The summed E-state index contributed by atoms with van der Waals surface area (Å²) < 4.78 is 5.27. The number of anilines is 2. The molecule has 1 aliphatic heterocycles. The third-order valence-corrected chi connectivity index (χ3v) is 5.00. The quantitative estimate of drug-likeness (QED) is 0.419. The molecule has 1 saturated heterocycles. The van der Waals surface area contributed by atoms with Crippen LogP contribution in [0.2, 0.25) is 0 Å². The number of benzene rings is 1. The van der Waals surface area contributed by atoms with Gasteiger partial charge in [0.25, 0.3) is 0 Å². The number of H-pyrrole nitrogens is 1. The van der Waals surface area contributed by atoms with Crippen LogP contribution in [0.25, 0.3) is 5.57 Å². The van der Waals surface area contributed by atoms with Gasteiger partial charge >= 0.3 is 5.69 Å². The maximum Gasteiger partial charge on any atom is 0.311 e. The fourth-order valence-electron chi connectivity index (χ4n) is 3.53. The summed E-state index contributed by atoms with van der Waals surface area (Å²) in [5, 5.41) is 11.5. The Hall–Kier alpha value is -3.82. The molecule has 1 fully saturated rings. The van der Waals surface area contributed by atoms with Crippen molar-refractivity contribution in [2.75, 3.05) is 50.1 Å². The number of nitro groups is 1. The average Bonchev–Trinajstić information content (AvgIpc) is 2.76. The van der Waals surface area contributed by atoms with Crippen LogP contribution in [0.4, 0.5) is 17.1 Å². The molecule has 0 unspecified atom stereocenters. The van der Waals surface area contributed by atoms with Gasteiger partial charge in [-0.05, 0) is 6.07 Å². The number of allylic oxidation sites excluding steroid dienone is 1. The normalized spacial score (nSPS) is 14.9. The molecular formula is C20H24N6O4. The number of nitrogens with two attached hydrogens (primary N) is 1. The minimum absolute atomic E-state index is 0.137. The molecule has 158 valence electrons. The first-order chi connectivity index (χ1) is 14.5. The molecule has 3 rings (SSSR count). The van der Waals surface area contributed by atoms with Crippen LogP contribution < -0.4 is 25.8 Å².